The second kappa shape index (κ2) is 6.62. The van der Waals surface area contributed by atoms with E-state index in [0.29, 0.717) is 0 Å². The number of allylic oxidation sites excluding steroid dienone is 1. The highest BCUT2D eigenvalue weighted by Gasteiger charge is 2.18. The number of hydrogen-bond acceptors (Lipinski definition) is 3. The van der Waals surface area contributed by atoms with Gasteiger partial charge in [0, 0.05) is 0 Å². The third-order valence-electron chi connectivity index (χ3n) is 3.73. The molecule has 0 spiro atoms. The fraction of sp³-hybridized carbons (Fsp3) is 0.500. The zero-order valence-corrected chi connectivity index (χ0v) is 12.0. The van der Waals surface area contributed by atoms with Crippen LogP contribution in [0.4, 0.5) is 0 Å². The molecule has 0 bridgehead atoms. The molecule has 3 nitrogen and oxygen atoms in total. The number of benzene rings is 1. The summed E-state index contributed by atoms with van der Waals surface area (Å²) in [5, 5.41) is 3.41. The fourth-order valence-electron chi connectivity index (χ4n) is 2.72. The molecule has 19 heavy (non-hydrogen) atoms. The van der Waals surface area contributed by atoms with Crippen LogP contribution >= 0.6 is 0 Å². The quantitative estimate of drug-likeness (QED) is 0.823. The molecule has 0 heterocycles. The Morgan fingerprint density at radius 3 is 2.47 bits per heavy atom. The molecule has 1 aromatic rings. The summed E-state index contributed by atoms with van der Waals surface area (Å²) in [6, 6.07) is 6.43. The third kappa shape index (κ3) is 3.10. The Morgan fingerprint density at radius 1 is 1.11 bits per heavy atom. The smallest absolute Gasteiger partial charge is 0.161 e. The average Bonchev–Trinajstić information content (AvgIpc) is 2.49. The number of ether oxygens (including phenoxy) is 2. The topological polar surface area (TPSA) is 30.5 Å². The predicted molar refractivity (Wildman–Crippen MR) is 77.9 cm³/mol. The van der Waals surface area contributed by atoms with Crippen LogP contribution in [0.15, 0.2) is 29.8 Å². The van der Waals surface area contributed by atoms with E-state index in [1.165, 1.54) is 36.8 Å². The van der Waals surface area contributed by atoms with Gasteiger partial charge in [0.05, 0.1) is 20.3 Å². The maximum Gasteiger partial charge on any atom is 0.161 e. The second-order valence-electron chi connectivity index (χ2n) is 4.86. The molecule has 1 unspecified atom stereocenters. The van der Waals surface area contributed by atoms with E-state index in [4.69, 9.17) is 9.47 Å². The number of nitrogens with one attached hydrogen (secondary N) is 1. The van der Waals surface area contributed by atoms with E-state index in [1.54, 1.807) is 14.2 Å². The number of rotatable bonds is 5. The summed E-state index contributed by atoms with van der Waals surface area (Å²) in [6.45, 7) is 0. The molecule has 1 aliphatic carbocycles. The van der Waals surface area contributed by atoms with Crippen molar-refractivity contribution in [1.82, 2.24) is 5.32 Å². The summed E-state index contributed by atoms with van der Waals surface area (Å²) in [4.78, 5) is 0. The molecule has 0 radical (unpaired) electrons. The zero-order chi connectivity index (χ0) is 13.7. The van der Waals surface area contributed by atoms with E-state index in [9.17, 15) is 0 Å². The highest BCUT2D eigenvalue weighted by molar-refractivity contribution is 5.45. The van der Waals surface area contributed by atoms with Crippen molar-refractivity contribution in [3.8, 4) is 11.5 Å². The maximum atomic E-state index is 5.39. The Kier molecular flexibility index (Phi) is 4.86. The lowest BCUT2D eigenvalue weighted by atomic mass is 9.90. The van der Waals surface area contributed by atoms with Crippen molar-refractivity contribution in [2.24, 2.45) is 0 Å². The van der Waals surface area contributed by atoms with Gasteiger partial charge in [0.2, 0.25) is 0 Å². The van der Waals surface area contributed by atoms with Crippen LogP contribution in [0, 0.1) is 0 Å². The van der Waals surface area contributed by atoms with Crippen molar-refractivity contribution in [3.05, 3.63) is 35.4 Å². The van der Waals surface area contributed by atoms with Crippen LogP contribution in [0.1, 0.15) is 37.3 Å². The number of likely N-dealkylation sites (N-methyl/N-ethyl adjacent to an activating group) is 1. The molecule has 3 heteroatoms. The Labute approximate surface area is 115 Å². The van der Waals surface area contributed by atoms with Crippen molar-refractivity contribution in [2.45, 2.75) is 31.7 Å². The Balaban J connectivity index is 2.30. The lowest BCUT2D eigenvalue weighted by Crippen LogP contribution is -2.20. The zero-order valence-electron chi connectivity index (χ0n) is 12.0. The van der Waals surface area contributed by atoms with E-state index in [0.717, 1.165) is 11.5 Å². The molecule has 0 saturated heterocycles. The first-order valence-electron chi connectivity index (χ1n) is 6.88. The predicted octanol–water partition coefficient (Wildman–Crippen LogP) is 3.46. The molecule has 104 valence electrons. The lowest BCUT2D eigenvalue weighted by molar-refractivity contribution is 0.354. The largest absolute Gasteiger partial charge is 0.493 e. The van der Waals surface area contributed by atoms with Crippen LogP contribution in [-0.2, 0) is 0 Å². The summed E-state index contributed by atoms with van der Waals surface area (Å²) < 4.78 is 10.7. The highest BCUT2D eigenvalue weighted by Crippen LogP contribution is 2.34. The minimum atomic E-state index is 0.278. The summed E-state index contributed by atoms with van der Waals surface area (Å²) >= 11 is 0. The first kappa shape index (κ1) is 13.9. The second-order valence-corrected chi connectivity index (χ2v) is 4.86. The van der Waals surface area contributed by atoms with Gasteiger partial charge in [-0.2, -0.15) is 0 Å². The van der Waals surface area contributed by atoms with Crippen molar-refractivity contribution in [1.29, 1.82) is 0 Å². The molecule has 0 aromatic heterocycles. The summed E-state index contributed by atoms with van der Waals surface area (Å²) in [6.07, 6.45) is 7.35. The van der Waals surface area contributed by atoms with Crippen LogP contribution < -0.4 is 14.8 Å². The van der Waals surface area contributed by atoms with Crippen molar-refractivity contribution < 1.29 is 9.47 Å². The molecule has 0 saturated carbocycles. The molecule has 1 atom stereocenters. The van der Waals surface area contributed by atoms with Gasteiger partial charge in [-0.15, -0.1) is 0 Å². The molecule has 1 aromatic carbocycles. The van der Waals surface area contributed by atoms with E-state index < -0.39 is 0 Å². The van der Waals surface area contributed by atoms with Gasteiger partial charge in [0.25, 0.3) is 0 Å². The first-order valence-corrected chi connectivity index (χ1v) is 6.88. The van der Waals surface area contributed by atoms with Gasteiger partial charge in [0.1, 0.15) is 0 Å². The van der Waals surface area contributed by atoms with Gasteiger partial charge in [-0.1, -0.05) is 17.7 Å². The normalized spacial score (nSPS) is 16.7. The van der Waals surface area contributed by atoms with Crippen LogP contribution in [-0.4, -0.2) is 21.3 Å². The van der Waals surface area contributed by atoms with Gasteiger partial charge in [-0.05, 0) is 50.4 Å². The van der Waals surface area contributed by atoms with Crippen LogP contribution in [0.2, 0.25) is 0 Å². The highest BCUT2D eigenvalue weighted by atomic mass is 16.5. The van der Waals surface area contributed by atoms with E-state index in [2.05, 4.69) is 23.5 Å². The molecular weight excluding hydrogens is 238 g/mol. The summed E-state index contributed by atoms with van der Waals surface area (Å²) in [5.74, 6) is 1.57. The fourth-order valence-corrected chi connectivity index (χ4v) is 2.72. The molecule has 1 aliphatic rings. The molecule has 1 N–H and O–H groups in total. The number of hydrogen-bond donors (Lipinski definition) is 1. The Hall–Kier alpha value is -1.48. The first-order chi connectivity index (χ1) is 9.30. The molecule has 0 aliphatic heterocycles. The Morgan fingerprint density at radius 2 is 1.89 bits per heavy atom. The molecule has 2 rings (SSSR count). The summed E-state index contributed by atoms with van der Waals surface area (Å²) in [7, 11) is 5.35. The SMILES string of the molecule is CNC(C1=CCCCC1)c1ccc(OC)c(OC)c1. The molecule has 0 fully saturated rings. The lowest BCUT2D eigenvalue weighted by Gasteiger charge is -2.24. The van der Waals surface area contributed by atoms with Gasteiger partial charge in [-0.3, -0.25) is 0 Å². The molecule has 0 amide bonds. The van der Waals surface area contributed by atoms with Crippen molar-refractivity contribution in [3.63, 3.8) is 0 Å². The van der Waals surface area contributed by atoms with Crippen LogP contribution in [0.25, 0.3) is 0 Å². The number of methoxy groups -OCH3 is 2. The Bertz CT molecular complexity index is 454. The minimum Gasteiger partial charge on any atom is -0.493 e. The van der Waals surface area contributed by atoms with Gasteiger partial charge in [-0.25, -0.2) is 0 Å². The summed E-state index contributed by atoms with van der Waals surface area (Å²) in [5.41, 5.74) is 2.72. The van der Waals surface area contributed by atoms with E-state index in [1.807, 2.05) is 13.1 Å². The van der Waals surface area contributed by atoms with Crippen molar-refractivity contribution in [2.75, 3.05) is 21.3 Å². The van der Waals surface area contributed by atoms with Crippen molar-refractivity contribution >= 4 is 0 Å². The van der Waals surface area contributed by atoms with Gasteiger partial charge < -0.3 is 14.8 Å². The average molecular weight is 261 g/mol. The van der Waals surface area contributed by atoms with Crippen LogP contribution in [0.3, 0.4) is 0 Å². The minimum absolute atomic E-state index is 0.278. The van der Waals surface area contributed by atoms with Gasteiger partial charge >= 0.3 is 0 Å². The maximum absolute atomic E-state index is 5.39. The third-order valence-corrected chi connectivity index (χ3v) is 3.73. The van der Waals surface area contributed by atoms with Gasteiger partial charge in [0.15, 0.2) is 11.5 Å². The monoisotopic (exact) mass is 261 g/mol. The standard InChI is InChI=1S/C16H23NO2/c1-17-16(12-7-5-4-6-8-12)13-9-10-14(18-2)15(11-13)19-3/h7,9-11,16-17H,4-6,8H2,1-3H3. The van der Waals surface area contributed by atoms with Crippen LogP contribution in [0.5, 0.6) is 11.5 Å². The van der Waals surface area contributed by atoms with E-state index in [-0.39, 0.29) is 6.04 Å². The van der Waals surface area contributed by atoms with E-state index >= 15 is 0 Å². The molecular formula is C16H23NO2.